The molecular formula is C22H19N3O2S. The summed E-state index contributed by atoms with van der Waals surface area (Å²) in [4.78, 5) is 29.0. The number of nitrogens with one attached hydrogen (secondary N) is 2. The molecule has 1 atom stereocenters. The summed E-state index contributed by atoms with van der Waals surface area (Å²) in [5, 5.41) is 7.85. The van der Waals surface area contributed by atoms with E-state index in [-0.39, 0.29) is 18.2 Å². The monoisotopic (exact) mass is 389 g/mol. The Hall–Kier alpha value is -3.12. The van der Waals surface area contributed by atoms with E-state index in [1.54, 1.807) is 0 Å². The first-order valence-corrected chi connectivity index (χ1v) is 9.86. The highest BCUT2D eigenvalue weighted by atomic mass is 32.2. The van der Waals surface area contributed by atoms with Gasteiger partial charge in [0.05, 0.1) is 5.69 Å². The molecule has 140 valence electrons. The van der Waals surface area contributed by atoms with E-state index in [1.807, 2.05) is 73.7 Å². The summed E-state index contributed by atoms with van der Waals surface area (Å²) >= 11 is 1.29. The van der Waals surface area contributed by atoms with Crippen molar-refractivity contribution in [2.45, 2.75) is 18.6 Å². The van der Waals surface area contributed by atoms with Crippen molar-refractivity contribution in [3.8, 4) is 0 Å². The van der Waals surface area contributed by atoms with E-state index in [9.17, 15) is 9.59 Å². The number of thioether (sulfide) groups is 1. The largest absolute Gasteiger partial charge is 0.326 e. The van der Waals surface area contributed by atoms with Crippen LogP contribution in [0.25, 0.3) is 10.8 Å². The van der Waals surface area contributed by atoms with E-state index in [1.165, 1.54) is 11.8 Å². The van der Waals surface area contributed by atoms with Gasteiger partial charge in [-0.25, -0.2) is 4.99 Å². The van der Waals surface area contributed by atoms with Crippen LogP contribution in [0.4, 0.5) is 11.4 Å². The molecule has 1 aliphatic heterocycles. The Kier molecular flexibility index (Phi) is 5.12. The Morgan fingerprint density at radius 1 is 1.07 bits per heavy atom. The second-order valence-electron chi connectivity index (χ2n) is 6.66. The molecule has 0 saturated carbocycles. The van der Waals surface area contributed by atoms with Crippen LogP contribution in [0.15, 0.2) is 71.7 Å². The number of aliphatic imine (C=N–C) groups is 1. The second kappa shape index (κ2) is 7.86. The molecule has 1 fully saturated rings. The molecule has 6 heteroatoms. The van der Waals surface area contributed by atoms with E-state index in [0.29, 0.717) is 5.17 Å². The number of amidine groups is 1. The summed E-state index contributed by atoms with van der Waals surface area (Å²) < 4.78 is 0. The SMILES string of the molecule is Cc1ccc(N=C2NC(=O)C(CC(=O)Nc3ccc4ccccc4c3)S2)cc1. The van der Waals surface area contributed by atoms with Crippen molar-refractivity contribution < 1.29 is 9.59 Å². The fourth-order valence-electron chi connectivity index (χ4n) is 2.98. The van der Waals surface area contributed by atoms with Crippen LogP contribution < -0.4 is 10.6 Å². The van der Waals surface area contributed by atoms with Gasteiger partial charge < -0.3 is 10.6 Å². The van der Waals surface area contributed by atoms with Crippen LogP contribution in [0.5, 0.6) is 0 Å². The number of hydrogen-bond acceptors (Lipinski definition) is 4. The number of anilines is 1. The van der Waals surface area contributed by atoms with Gasteiger partial charge in [0.15, 0.2) is 5.17 Å². The van der Waals surface area contributed by atoms with Crippen LogP contribution in [0.1, 0.15) is 12.0 Å². The maximum absolute atomic E-state index is 12.4. The summed E-state index contributed by atoms with van der Waals surface area (Å²) in [6, 6.07) is 21.5. The highest BCUT2D eigenvalue weighted by Crippen LogP contribution is 2.26. The maximum Gasteiger partial charge on any atom is 0.240 e. The van der Waals surface area contributed by atoms with E-state index in [2.05, 4.69) is 15.6 Å². The van der Waals surface area contributed by atoms with Crippen molar-refractivity contribution in [1.29, 1.82) is 0 Å². The molecular weight excluding hydrogens is 370 g/mol. The van der Waals surface area contributed by atoms with Crippen LogP contribution in [0, 0.1) is 6.92 Å². The lowest BCUT2D eigenvalue weighted by Gasteiger charge is -2.08. The Bertz CT molecular complexity index is 1080. The Balaban J connectivity index is 1.39. The molecule has 1 unspecified atom stereocenters. The molecule has 3 aromatic carbocycles. The van der Waals surface area contributed by atoms with Crippen LogP contribution in [0.3, 0.4) is 0 Å². The Morgan fingerprint density at radius 3 is 2.61 bits per heavy atom. The van der Waals surface area contributed by atoms with E-state index < -0.39 is 5.25 Å². The maximum atomic E-state index is 12.4. The molecule has 0 spiro atoms. The fraction of sp³-hybridized carbons (Fsp3) is 0.136. The predicted molar refractivity (Wildman–Crippen MR) is 115 cm³/mol. The summed E-state index contributed by atoms with van der Waals surface area (Å²) in [6.45, 7) is 2.01. The minimum atomic E-state index is -0.482. The molecule has 0 aliphatic carbocycles. The topological polar surface area (TPSA) is 70.6 Å². The van der Waals surface area contributed by atoms with Crippen molar-refractivity contribution in [2.75, 3.05) is 5.32 Å². The van der Waals surface area contributed by atoms with Crippen LogP contribution in [-0.2, 0) is 9.59 Å². The average molecular weight is 389 g/mol. The Labute approximate surface area is 167 Å². The summed E-state index contributed by atoms with van der Waals surface area (Å²) in [5.41, 5.74) is 2.64. The van der Waals surface area contributed by atoms with Gasteiger partial charge in [-0.2, -0.15) is 0 Å². The molecule has 0 bridgehead atoms. The highest BCUT2D eigenvalue weighted by molar-refractivity contribution is 8.15. The standard InChI is InChI=1S/C22H19N3O2S/c1-14-6-9-17(10-7-14)24-22-25-21(27)19(28-22)13-20(26)23-18-11-8-15-4-2-3-5-16(15)12-18/h2-12,19H,13H2,1H3,(H,23,26)(H,24,25,27). The molecule has 0 radical (unpaired) electrons. The molecule has 1 saturated heterocycles. The van der Waals surface area contributed by atoms with Gasteiger partial charge in [-0.3, -0.25) is 9.59 Å². The van der Waals surface area contributed by atoms with Gasteiger partial charge in [-0.05, 0) is 42.0 Å². The van der Waals surface area contributed by atoms with Crippen molar-refractivity contribution in [1.82, 2.24) is 5.32 Å². The van der Waals surface area contributed by atoms with E-state index >= 15 is 0 Å². The van der Waals surface area contributed by atoms with Crippen LogP contribution in [0.2, 0.25) is 0 Å². The zero-order chi connectivity index (χ0) is 19.5. The van der Waals surface area contributed by atoms with Gasteiger partial charge in [0.25, 0.3) is 0 Å². The number of hydrogen-bond donors (Lipinski definition) is 2. The number of carbonyl (C=O) groups excluding carboxylic acids is 2. The number of aryl methyl sites for hydroxylation is 1. The lowest BCUT2D eigenvalue weighted by molar-refractivity contribution is -0.122. The van der Waals surface area contributed by atoms with Gasteiger partial charge in [0, 0.05) is 12.1 Å². The number of fused-ring (bicyclic) bond motifs is 1. The average Bonchev–Trinajstić information content (AvgIpc) is 3.02. The van der Waals surface area contributed by atoms with Crippen molar-refractivity contribution >= 4 is 50.9 Å². The third kappa shape index (κ3) is 4.23. The molecule has 0 aromatic heterocycles. The first kappa shape index (κ1) is 18.3. The quantitative estimate of drug-likeness (QED) is 0.695. The van der Waals surface area contributed by atoms with Gasteiger partial charge in [0.2, 0.25) is 11.8 Å². The molecule has 28 heavy (non-hydrogen) atoms. The third-order valence-corrected chi connectivity index (χ3v) is 5.53. The molecule has 2 N–H and O–H groups in total. The molecule has 5 nitrogen and oxygen atoms in total. The molecule has 3 aromatic rings. The second-order valence-corrected chi connectivity index (χ2v) is 7.85. The normalized spacial score (nSPS) is 17.7. The summed E-state index contributed by atoms with van der Waals surface area (Å²) in [5.74, 6) is -0.385. The zero-order valence-corrected chi connectivity index (χ0v) is 16.1. The van der Waals surface area contributed by atoms with E-state index in [4.69, 9.17) is 0 Å². The summed E-state index contributed by atoms with van der Waals surface area (Å²) in [6.07, 6.45) is 0.0935. The fourth-order valence-corrected chi connectivity index (χ4v) is 3.96. The molecule has 4 rings (SSSR count). The van der Waals surface area contributed by atoms with Gasteiger partial charge in [-0.15, -0.1) is 0 Å². The third-order valence-electron chi connectivity index (χ3n) is 4.45. The molecule has 1 heterocycles. The number of rotatable bonds is 4. The lowest BCUT2D eigenvalue weighted by atomic mass is 10.1. The smallest absolute Gasteiger partial charge is 0.240 e. The first-order valence-electron chi connectivity index (χ1n) is 8.98. The van der Waals surface area contributed by atoms with Gasteiger partial charge >= 0.3 is 0 Å². The lowest BCUT2D eigenvalue weighted by Crippen LogP contribution is -2.28. The van der Waals surface area contributed by atoms with Crippen LogP contribution >= 0.6 is 11.8 Å². The first-order chi connectivity index (χ1) is 13.6. The zero-order valence-electron chi connectivity index (χ0n) is 15.3. The minimum absolute atomic E-state index is 0.0935. The minimum Gasteiger partial charge on any atom is -0.326 e. The van der Waals surface area contributed by atoms with E-state index in [0.717, 1.165) is 27.7 Å². The summed E-state index contributed by atoms with van der Waals surface area (Å²) in [7, 11) is 0. The van der Waals surface area contributed by atoms with Crippen molar-refractivity contribution in [3.63, 3.8) is 0 Å². The van der Waals surface area contributed by atoms with Gasteiger partial charge in [-0.1, -0.05) is 59.8 Å². The van der Waals surface area contributed by atoms with Crippen LogP contribution in [-0.4, -0.2) is 22.2 Å². The number of benzene rings is 3. The van der Waals surface area contributed by atoms with Crippen molar-refractivity contribution in [3.05, 3.63) is 72.3 Å². The number of carbonyl (C=O) groups is 2. The van der Waals surface area contributed by atoms with Gasteiger partial charge in [0.1, 0.15) is 5.25 Å². The Morgan fingerprint density at radius 2 is 1.82 bits per heavy atom. The molecule has 2 amide bonds. The predicted octanol–water partition coefficient (Wildman–Crippen LogP) is 4.40. The molecule has 1 aliphatic rings. The number of nitrogens with zero attached hydrogens (tertiary/aromatic N) is 1. The number of amides is 2. The highest BCUT2D eigenvalue weighted by Gasteiger charge is 2.32. The van der Waals surface area contributed by atoms with Crippen molar-refractivity contribution in [2.24, 2.45) is 4.99 Å².